The zero-order chi connectivity index (χ0) is 13.3. The standard InChI is InChI=1S/C12H20N4O2/c1-7(2)10-9(13)11(15-14-10)12(17)16-5-4-8(6-16)18-3/h7-8H,4-6,13H2,1-3H3,(H,14,15). The van der Waals surface area contributed by atoms with Gasteiger partial charge in [0.25, 0.3) is 5.91 Å². The number of hydrogen-bond donors (Lipinski definition) is 2. The predicted molar refractivity (Wildman–Crippen MR) is 68.4 cm³/mol. The molecule has 0 bridgehead atoms. The molecule has 1 fully saturated rings. The average Bonchev–Trinajstić information content (AvgIpc) is 2.94. The van der Waals surface area contributed by atoms with Crippen LogP contribution in [0.2, 0.25) is 0 Å². The summed E-state index contributed by atoms with van der Waals surface area (Å²) in [7, 11) is 1.67. The second-order valence-corrected chi connectivity index (χ2v) is 4.95. The molecule has 0 saturated carbocycles. The van der Waals surface area contributed by atoms with E-state index in [0.717, 1.165) is 12.1 Å². The first kappa shape index (κ1) is 12.9. The number of nitrogens with two attached hydrogens (primary N) is 1. The summed E-state index contributed by atoms with van der Waals surface area (Å²) in [4.78, 5) is 14.0. The van der Waals surface area contributed by atoms with Gasteiger partial charge in [-0.1, -0.05) is 13.8 Å². The molecule has 18 heavy (non-hydrogen) atoms. The van der Waals surface area contributed by atoms with Crippen LogP contribution in [-0.4, -0.2) is 47.3 Å². The van der Waals surface area contributed by atoms with Crippen molar-refractivity contribution in [1.29, 1.82) is 0 Å². The van der Waals surface area contributed by atoms with E-state index >= 15 is 0 Å². The van der Waals surface area contributed by atoms with Gasteiger partial charge >= 0.3 is 0 Å². The molecule has 0 aliphatic carbocycles. The Labute approximate surface area is 106 Å². The van der Waals surface area contributed by atoms with Gasteiger partial charge in [0.2, 0.25) is 0 Å². The number of nitrogens with one attached hydrogen (secondary N) is 1. The first-order valence-corrected chi connectivity index (χ1v) is 6.20. The number of ether oxygens (including phenoxy) is 1. The molecule has 1 aromatic rings. The first-order chi connectivity index (χ1) is 8.54. The van der Waals surface area contributed by atoms with Crippen molar-refractivity contribution in [3.05, 3.63) is 11.4 Å². The molecule has 2 rings (SSSR count). The molecule has 1 unspecified atom stereocenters. The molecule has 2 heterocycles. The first-order valence-electron chi connectivity index (χ1n) is 6.20. The van der Waals surface area contributed by atoms with Crippen LogP contribution in [0.4, 0.5) is 5.69 Å². The highest BCUT2D eigenvalue weighted by Gasteiger charge is 2.30. The molecule has 1 aliphatic heterocycles. The van der Waals surface area contributed by atoms with Gasteiger partial charge in [-0.2, -0.15) is 5.10 Å². The van der Waals surface area contributed by atoms with E-state index in [9.17, 15) is 4.79 Å². The molecule has 1 amide bonds. The zero-order valence-corrected chi connectivity index (χ0v) is 11.1. The summed E-state index contributed by atoms with van der Waals surface area (Å²) in [5.41, 5.74) is 7.59. The van der Waals surface area contributed by atoms with Crippen molar-refractivity contribution >= 4 is 11.6 Å². The quantitative estimate of drug-likeness (QED) is 0.839. The minimum absolute atomic E-state index is 0.116. The number of aromatic nitrogens is 2. The predicted octanol–water partition coefficient (Wildman–Crippen LogP) is 0.976. The Morgan fingerprint density at radius 2 is 2.33 bits per heavy atom. The van der Waals surface area contributed by atoms with Crippen molar-refractivity contribution in [1.82, 2.24) is 15.1 Å². The molecule has 0 radical (unpaired) electrons. The molecule has 1 saturated heterocycles. The van der Waals surface area contributed by atoms with Gasteiger partial charge in [-0.25, -0.2) is 0 Å². The maximum absolute atomic E-state index is 12.3. The number of nitrogen functional groups attached to an aromatic ring is 1. The molecular weight excluding hydrogens is 232 g/mol. The lowest BCUT2D eigenvalue weighted by Gasteiger charge is -2.15. The lowest BCUT2D eigenvalue weighted by atomic mass is 10.1. The number of H-pyrrole nitrogens is 1. The van der Waals surface area contributed by atoms with E-state index in [0.29, 0.717) is 24.5 Å². The minimum Gasteiger partial charge on any atom is -0.395 e. The van der Waals surface area contributed by atoms with E-state index in [1.54, 1.807) is 12.0 Å². The molecule has 1 aromatic heterocycles. The van der Waals surface area contributed by atoms with Crippen molar-refractivity contribution in [3.63, 3.8) is 0 Å². The monoisotopic (exact) mass is 252 g/mol. The topological polar surface area (TPSA) is 84.2 Å². The smallest absolute Gasteiger partial charge is 0.276 e. The van der Waals surface area contributed by atoms with Crippen LogP contribution >= 0.6 is 0 Å². The second kappa shape index (κ2) is 4.97. The van der Waals surface area contributed by atoms with Gasteiger partial charge in [-0.3, -0.25) is 9.89 Å². The Kier molecular flexibility index (Phi) is 3.56. The fourth-order valence-corrected chi connectivity index (χ4v) is 2.22. The molecule has 0 spiro atoms. The number of nitrogens with zero attached hydrogens (tertiary/aromatic N) is 2. The Bertz CT molecular complexity index is 441. The summed E-state index contributed by atoms with van der Waals surface area (Å²) in [6.07, 6.45) is 0.988. The van der Waals surface area contributed by atoms with Gasteiger partial charge in [0, 0.05) is 20.2 Å². The van der Waals surface area contributed by atoms with Crippen LogP contribution < -0.4 is 5.73 Å². The van der Waals surface area contributed by atoms with E-state index in [1.165, 1.54) is 0 Å². The van der Waals surface area contributed by atoms with Gasteiger partial charge in [0.15, 0.2) is 5.69 Å². The average molecular weight is 252 g/mol. The van der Waals surface area contributed by atoms with E-state index in [1.807, 2.05) is 13.8 Å². The van der Waals surface area contributed by atoms with Gasteiger partial charge in [0.05, 0.1) is 17.5 Å². The third kappa shape index (κ3) is 2.20. The highest BCUT2D eigenvalue weighted by molar-refractivity contribution is 5.97. The van der Waals surface area contributed by atoms with Gasteiger partial charge in [0.1, 0.15) is 0 Å². The number of methoxy groups -OCH3 is 1. The van der Waals surface area contributed by atoms with Crippen molar-refractivity contribution < 1.29 is 9.53 Å². The maximum Gasteiger partial charge on any atom is 0.276 e. The molecule has 1 aliphatic rings. The van der Waals surface area contributed by atoms with Crippen LogP contribution in [0.1, 0.15) is 42.4 Å². The number of anilines is 1. The van der Waals surface area contributed by atoms with Crippen LogP contribution in [0.5, 0.6) is 0 Å². The normalized spacial score (nSPS) is 19.8. The Morgan fingerprint density at radius 1 is 1.61 bits per heavy atom. The molecule has 6 heteroatoms. The Balaban J connectivity index is 2.15. The van der Waals surface area contributed by atoms with Crippen LogP contribution in [0.25, 0.3) is 0 Å². The summed E-state index contributed by atoms with van der Waals surface area (Å²) in [6, 6.07) is 0. The van der Waals surface area contributed by atoms with Crippen LogP contribution in [-0.2, 0) is 4.74 Å². The molecule has 1 atom stereocenters. The minimum atomic E-state index is -0.116. The summed E-state index contributed by atoms with van der Waals surface area (Å²) in [5, 5.41) is 6.90. The fraction of sp³-hybridized carbons (Fsp3) is 0.667. The summed E-state index contributed by atoms with van der Waals surface area (Å²) in [5.74, 6) is 0.111. The maximum atomic E-state index is 12.3. The lowest BCUT2D eigenvalue weighted by molar-refractivity contribution is 0.0720. The SMILES string of the molecule is COC1CCN(C(=O)c2n[nH]c(C(C)C)c2N)C1. The number of carbonyl (C=O) groups is 1. The van der Waals surface area contributed by atoms with E-state index < -0.39 is 0 Å². The van der Waals surface area contributed by atoms with Crippen LogP contribution in [0.3, 0.4) is 0 Å². The van der Waals surface area contributed by atoms with Crippen molar-refractivity contribution in [3.8, 4) is 0 Å². The second-order valence-electron chi connectivity index (χ2n) is 4.95. The van der Waals surface area contributed by atoms with Crippen molar-refractivity contribution in [2.24, 2.45) is 0 Å². The number of carbonyl (C=O) groups excluding carboxylic acids is 1. The zero-order valence-electron chi connectivity index (χ0n) is 11.1. The summed E-state index contributed by atoms with van der Waals surface area (Å²) >= 11 is 0. The van der Waals surface area contributed by atoms with Gasteiger partial charge < -0.3 is 15.4 Å². The number of likely N-dealkylation sites (tertiary alicyclic amines) is 1. The molecule has 3 N–H and O–H groups in total. The number of amides is 1. The molecule has 0 aromatic carbocycles. The van der Waals surface area contributed by atoms with Gasteiger partial charge in [-0.05, 0) is 12.3 Å². The number of aromatic amines is 1. The lowest BCUT2D eigenvalue weighted by Crippen LogP contribution is -2.30. The molecule has 6 nitrogen and oxygen atoms in total. The Morgan fingerprint density at radius 3 is 2.83 bits per heavy atom. The third-order valence-electron chi connectivity index (χ3n) is 3.38. The van der Waals surface area contributed by atoms with E-state index in [-0.39, 0.29) is 17.9 Å². The fourth-order valence-electron chi connectivity index (χ4n) is 2.22. The van der Waals surface area contributed by atoms with Crippen molar-refractivity contribution in [2.45, 2.75) is 32.3 Å². The van der Waals surface area contributed by atoms with E-state index in [2.05, 4.69) is 10.2 Å². The number of rotatable bonds is 3. The Hall–Kier alpha value is -1.56. The number of hydrogen-bond acceptors (Lipinski definition) is 4. The molecular formula is C12H20N4O2. The summed E-state index contributed by atoms with van der Waals surface area (Å²) < 4.78 is 5.25. The largest absolute Gasteiger partial charge is 0.395 e. The highest BCUT2D eigenvalue weighted by Crippen LogP contribution is 2.24. The van der Waals surface area contributed by atoms with Crippen molar-refractivity contribution in [2.75, 3.05) is 25.9 Å². The van der Waals surface area contributed by atoms with E-state index in [4.69, 9.17) is 10.5 Å². The molecule has 100 valence electrons. The van der Waals surface area contributed by atoms with Crippen LogP contribution in [0.15, 0.2) is 0 Å². The van der Waals surface area contributed by atoms with Crippen LogP contribution in [0, 0.1) is 0 Å². The third-order valence-corrected chi connectivity index (χ3v) is 3.38. The van der Waals surface area contributed by atoms with Gasteiger partial charge in [-0.15, -0.1) is 0 Å². The highest BCUT2D eigenvalue weighted by atomic mass is 16.5. The summed E-state index contributed by atoms with van der Waals surface area (Å²) in [6.45, 7) is 5.32.